The first-order valence-corrected chi connectivity index (χ1v) is 6.04. The Hall–Kier alpha value is -0.190. The zero-order chi connectivity index (χ0) is 12.6. The van der Waals surface area contributed by atoms with Crippen molar-refractivity contribution in [1.82, 2.24) is 5.32 Å². The molecular weight excluding hydrogens is 276 g/mol. The number of carboxylic acid groups (broad SMARTS) is 1. The van der Waals surface area contributed by atoms with Crippen molar-refractivity contribution < 1.29 is 14.7 Å². The number of carbonyl (C=O) groups is 2. The van der Waals surface area contributed by atoms with Gasteiger partial charge in [0, 0.05) is 13.0 Å². The van der Waals surface area contributed by atoms with Gasteiger partial charge in [0.2, 0.25) is 0 Å². The maximum Gasteiger partial charge on any atom is 0.303 e. The largest absolute Gasteiger partial charge is 0.481 e. The molecule has 0 saturated carbocycles. The van der Waals surface area contributed by atoms with Crippen molar-refractivity contribution in [2.45, 2.75) is 35.9 Å². The molecule has 0 bridgehead atoms. The van der Waals surface area contributed by atoms with E-state index in [0.29, 0.717) is 13.0 Å². The highest BCUT2D eigenvalue weighted by molar-refractivity contribution is 6.76. The number of hydrogen-bond donors (Lipinski definition) is 2. The molecule has 0 aromatic heterocycles. The predicted octanol–water partition coefficient (Wildman–Crippen LogP) is 2.51. The fourth-order valence-electron chi connectivity index (χ4n) is 1.06. The maximum atomic E-state index is 11.1. The van der Waals surface area contributed by atoms with Crippen LogP contribution in [0.5, 0.6) is 0 Å². The SMILES string of the molecule is O=C(O)CCCCCCNC(=O)C(Cl)(Cl)Cl. The first-order chi connectivity index (χ1) is 7.34. The minimum Gasteiger partial charge on any atom is -0.481 e. The van der Waals surface area contributed by atoms with Gasteiger partial charge < -0.3 is 10.4 Å². The third-order valence-electron chi connectivity index (χ3n) is 1.86. The summed E-state index contributed by atoms with van der Waals surface area (Å²) < 4.78 is -1.91. The molecule has 0 atom stereocenters. The Bertz CT molecular complexity index is 241. The van der Waals surface area contributed by atoms with Crippen molar-refractivity contribution in [1.29, 1.82) is 0 Å². The van der Waals surface area contributed by atoms with Gasteiger partial charge >= 0.3 is 5.97 Å². The van der Waals surface area contributed by atoms with E-state index in [1.54, 1.807) is 0 Å². The van der Waals surface area contributed by atoms with Gasteiger partial charge in [0.25, 0.3) is 9.70 Å². The Labute approximate surface area is 109 Å². The molecule has 0 heterocycles. The van der Waals surface area contributed by atoms with Gasteiger partial charge in [-0.1, -0.05) is 47.6 Å². The van der Waals surface area contributed by atoms with Crippen molar-refractivity contribution >= 4 is 46.7 Å². The van der Waals surface area contributed by atoms with Gasteiger partial charge in [-0.3, -0.25) is 9.59 Å². The van der Waals surface area contributed by atoms with E-state index in [0.717, 1.165) is 19.3 Å². The highest BCUT2D eigenvalue weighted by Crippen LogP contribution is 2.25. The Balaban J connectivity index is 3.34. The van der Waals surface area contributed by atoms with Crippen LogP contribution in [0.4, 0.5) is 0 Å². The first-order valence-electron chi connectivity index (χ1n) is 4.91. The van der Waals surface area contributed by atoms with E-state index >= 15 is 0 Å². The van der Waals surface area contributed by atoms with Gasteiger partial charge in [0.1, 0.15) is 0 Å². The topological polar surface area (TPSA) is 66.4 Å². The number of aliphatic carboxylic acids is 1. The highest BCUT2D eigenvalue weighted by Gasteiger charge is 2.29. The molecule has 0 saturated heterocycles. The smallest absolute Gasteiger partial charge is 0.303 e. The van der Waals surface area contributed by atoms with E-state index in [1.807, 2.05) is 0 Å². The van der Waals surface area contributed by atoms with Gasteiger partial charge in [-0.2, -0.15) is 0 Å². The summed E-state index contributed by atoms with van der Waals surface area (Å²) in [6.45, 7) is 0.430. The third-order valence-corrected chi connectivity index (χ3v) is 2.38. The summed E-state index contributed by atoms with van der Waals surface area (Å²) in [5.41, 5.74) is 0. The standard InChI is InChI=1S/C9H14Cl3NO3/c10-9(11,12)8(16)13-6-4-2-1-3-5-7(14)15/h1-6H2,(H,13,16)(H,14,15). The number of nitrogens with one attached hydrogen (secondary N) is 1. The van der Waals surface area contributed by atoms with E-state index < -0.39 is 15.7 Å². The van der Waals surface area contributed by atoms with Crippen LogP contribution in [-0.4, -0.2) is 27.3 Å². The predicted molar refractivity (Wildman–Crippen MR) is 64.0 cm³/mol. The first kappa shape index (κ1) is 15.8. The molecule has 0 aliphatic heterocycles. The molecule has 1 amide bonds. The van der Waals surface area contributed by atoms with Gasteiger partial charge in [-0.25, -0.2) is 0 Å². The van der Waals surface area contributed by atoms with Crippen LogP contribution in [0.3, 0.4) is 0 Å². The second-order valence-corrected chi connectivity index (χ2v) is 5.59. The maximum absolute atomic E-state index is 11.1. The van der Waals surface area contributed by atoms with Crippen LogP contribution < -0.4 is 5.32 Å². The number of alkyl halides is 3. The lowest BCUT2D eigenvalue weighted by Gasteiger charge is -2.10. The molecule has 0 rings (SSSR count). The molecule has 16 heavy (non-hydrogen) atoms. The monoisotopic (exact) mass is 289 g/mol. The summed E-state index contributed by atoms with van der Waals surface area (Å²) in [4.78, 5) is 21.2. The molecule has 0 aliphatic carbocycles. The number of hydrogen-bond acceptors (Lipinski definition) is 2. The number of carbonyl (C=O) groups excluding carboxylic acids is 1. The fraction of sp³-hybridized carbons (Fsp3) is 0.778. The van der Waals surface area contributed by atoms with Crippen LogP contribution in [-0.2, 0) is 9.59 Å². The van der Waals surface area contributed by atoms with Crippen molar-refractivity contribution in [2.24, 2.45) is 0 Å². The van der Waals surface area contributed by atoms with E-state index in [-0.39, 0.29) is 6.42 Å². The van der Waals surface area contributed by atoms with Crippen molar-refractivity contribution in [3.8, 4) is 0 Å². The molecule has 0 aromatic carbocycles. The van der Waals surface area contributed by atoms with Crippen LogP contribution in [0.15, 0.2) is 0 Å². The lowest BCUT2D eigenvalue weighted by molar-refractivity contribution is -0.137. The molecule has 0 fully saturated rings. The van der Waals surface area contributed by atoms with Crippen molar-refractivity contribution in [2.75, 3.05) is 6.54 Å². The number of halogens is 3. The molecule has 4 nitrogen and oxygen atoms in total. The van der Waals surface area contributed by atoms with Crippen LogP contribution in [0.2, 0.25) is 0 Å². The summed E-state index contributed by atoms with van der Waals surface area (Å²) in [6.07, 6.45) is 3.23. The van der Waals surface area contributed by atoms with E-state index in [2.05, 4.69) is 5.32 Å². The molecular formula is C9H14Cl3NO3. The van der Waals surface area contributed by atoms with Crippen LogP contribution in [0, 0.1) is 0 Å². The minimum absolute atomic E-state index is 0.181. The number of carboxylic acids is 1. The second kappa shape index (κ2) is 7.98. The lowest BCUT2D eigenvalue weighted by Crippen LogP contribution is -2.35. The van der Waals surface area contributed by atoms with Crippen LogP contribution >= 0.6 is 34.8 Å². The zero-order valence-corrected chi connectivity index (χ0v) is 10.9. The lowest BCUT2D eigenvalue weighted by atomic mass is 10.1. The summed E-state index contributed by atoms with van der Waals surface area (Å²) in [6, 6.07) is 0. The molecule has 0 unspecified atom stereocenters. The van der Waals surface area contributed by atoms with Crippen LogP contribution in [0.25, 0.3) is 0 Å². The molecule has 7 heteroatoms. The number of unbranched alkanes of at least 4 members (excludes halogenated alkanes) is 3. The zero-order valence-electron chi connectivity index (χ0n) is 8.64. The Morgan fingerprint density at radius 2 is 1.62 bits per heavy atom. The van der Waals surface area contributed by atoms with E-state index in [4.69, 9.17) is 39.9 Å². The minimum atomic E-state index is -1.91. The van der Waals surface area contributed by atoms with Crippen molar-refractivity contribution in [3.05, 3.63) is 0 Å². The molecule has 0 radical (unpaired) electrons. The Morgan fingerprint density at radius 3 is 2.12 bits per heavy atom. The van der Waals surface area contributed by atoms with Crippen molar-refractivity contribution in [3.63, 3.8) is 0 Å². The van der Waals surface area contributed by atoms with E-state index in [1.165, 1.54) is 0 Å². The Kier molecular flexibility index (Phi) is 7.89. The number of rotatable bonds is 7. The number of amides is 1. The Morgan fingerprint density at radius 1 is 1.06 bits per heavy atom. The summed E-state index contributed by atoms with van der Waals surface area (Å²) in [5.74, 6) is -1.42. The average Bonchev–Trinajstić information content (AvgIpc) is 2.14. The van der Waals surface area contributed by atoms with E-state index in [9.17, 15) is 9.59 Å². The normalized spacial score (nSPS) is 11.2. The summed E-state index contributed by atoms with van der Waals surface area (Å²) >= 11 is 16.0. The summed E-state index contributed by atoms with van der Waals surface area (Å²) in [5, 5.41) is 10.8. The molecule has 94 valence electrons. The molecule has 2 N–H and O–H groups in total. The molecule has 0 aromatic rings. The van der Waals surface area contributed by atoms with Gasteiger partial charge in [-0.15, -0.1) is 0 Å². The fourth-order valence-corrected chi connectivity index (χ4v) is 1.26. The quantitative estimate of drug-likeness (QED) is 0.559. The third kappa shape index (κ3) is 9.07. The highest BCUT2D eigenvalue weighted by atomic mass is 35.6. The van der Waals surface area contributed by atoms with Crippen LogP contribution in [0.1, 0.15) is 32.1 Å². The average molecular weight is 291 g/mol. The second-order valence-electron chi connectivity index (χ2n) is 3.31. The molecule has 0 spiro atoms. The van der Waals surface area contributed by atoms with Gasteiger partial charge in [-0.05, 0) is 12.8 Å². The summed E-state index contributed by atoms with van der Waals surface area (Å²) in [7, 11) is 0. The van der Waals surface area contributed by atoms with Gasteiger partial charge in [0.15, 0.2) is 0 Å². The molecule has 0 aliphatic rings. The van der Waals surface area contributed by atoms with Gasteiger partial charge in [0.05, 0.1) is 0 Å².